The summed E-state index contributed by atoms with van der Waals surface area (Å²) in [5.74, 6) is 0. The number of likely N-dealkylation sites (N-methyl/N-ethyl adjacent to an activating group) is 1. The van der Waals surface area contributed by atoms with Gasteiger partial charge in [-0.05, 0) is 36.2 Å². The highest BCUT2D eigenvalue weighted by Gasteiger charge is 2.15. The Kier molecular flexibility index (Phi) is 4.41. The van der Waals surface area contributed by atoms with Crippen LogP contribution in [0.1, 0.15) is 22.7 Å². The predicted octanol–water partition coefficient (Wildman–Crippen LogP) is 5.51. The Balaban J connectivity index is 1.89. The first-order chi connectivity index (χ1) is 9.76. The van der Waals surface area contributed by atoms with Crippen LogP contribution in [0.2, 0.25) is 4.34 Å². The fourth-order valence-corrected chi connectivity index (χ4v) is 4.63. The zero-order chi connectivity index (χ0) is 13.9. The van der Waals surface area contributed by atoms with Gasteiger partial charge in [-0.1, -0.05) is 36.7 Å². The molecule has 1 N–H and O–H groups in total. The van der Waals surface area contributed by atoms with Gasteiger partial charge in [0.05, 0.1) is 4.34 Å². The number of hydrogen-bond acceptors (Lipinski definition) is 3. The van der Waals surface area contributed by atoms with E-state index in [4.69, 9.17) is 11.6 Å². The second kappa shape index (κ2) is 6.27. The van der Waals surface area contributed by atoms with Crippen molar-refractivity contribution in [2.45, 2.75) is 19.4 Å². The fourth-order valence-electron chi connectivity index (χ4n) is 2.36. The fraction of sp³-hybridized carbons (Fsp3) is 0.250. The summed E-state index contributed by atoms with van der Waals surface area (Å²) in [6.07, 6.45) is 0.998. The molecule has 1 unspecified atom stereocenters. The Bertz CT molecular complexity index is 668. The van der Waals surface area contributed by atoms with Crippen LogP contribution in [0.15, 0.2) is 42.5 Å². The number of nitrogens with one attached hydrogen (secondary N) is 1. The monoisotopic (exact) mass is 321 g/mol. The first-order valence-electron chi connectivity index (χ1n) is 6.72. The Morgan fingerprint density at radius 3 is 2.70 bits per heavy atom. The van der Waals surface area contributed by atoms with Gasteiger partial charge in [-0.2, -0.15) is 0 Å². The van der Waals surface area contributed by atoms with Crippen LogP contribution in [-0.2, 0) is 6.42 Å². The van der Waals surface area contributed by atoms with Gasteiger partial charge in [-0.25, -0.2) is 0 Å². The van der Waals surface area contributed by atoms with E-state index in [1.807, 2.05) is 17.4 Å². The van der Waals surface area contributed by atoms with Gasteiger partial charge >= 0.3 is 0 Å². The van der Waals surface area contributed by atoms with Gasteiger partial charge in [-0.3, -0.25) is 0 Å². The summed E-state index contributed by atoms with van der Waals surface area (Å²) in [5, 5.41) is 4.92. The number of thiophene rings is 2. The number of benzene rings is 1. The lowest BCUT2D eigenvalue weighted by molar-refractivity contribution is 0.562. The summed E-state index contributed by atoms with van der Waals surface area (Å²) in [7, 11) is 0. The van der Waals surface area contributed by atoms with Crippen LogP contribution in [0.5, 0.6) is 0 Å². The molecule has 0 bridgehead atoms. The standard InChI is InChI=1S/C16H16ClNS2/c1-2-18-13(10-12-7-8-16(17)19-12)15-9-11-5-3-4-6-14(11)20-15/h3-9,13,18H,2,10H2,1H3. The first-order valence-corrected chi connectivity index (χ1v) is 8.73. The van der Waals surface area contributed by atoms with Crippen molar-refractivity contribution in [3.63, 3.8) is 0 Å². The molecule has 1 atom stereocenters. The SMILES string of the molecule is CCNC(Cc1ccc(Cl)s1)c1cc2ccccc2s1. The summed E-state index contributed by atoms with van der Waals surface area (Å²) in [5.41, 5.74) is 0. The molecule has 2 heterocycles. The molecule has 0 aliphatic rings. The molecule has 0 fully saturated rings. The summed E-state index contributed by atoms with van der Waals surface area (Å²) in [6.45, 7) is 3.12. The molecule has 0 saturated heterocycles. The highest BCUT2D eigenvalue weighted by Crippen LogP contribution is 2.33. The second-order valence-electron chi connectivity index (χ2n) is 4.71. The van der Waals surface area contributed by atoms with Gasteiger partial charge in [0.2, 0.25) is 0 Å². The summed E-state index contributed by atoms with van der Waals surface area (Å²) in [6, 6.07) is 15.4. The van der Waals surface area contributed by atoms with E-state index in [0.717, 1.165) is 17.3 Å². The van der Waals surface area contributed by atoms with Crippen LogP contribution in [0, 0.1) is 0 Å². The molecule has 3 rings (SSSR count). The van der Waals surface area contributed by atoms with E-state index in [2.05, 4.69) is 48.6 Å². The maximum atomic E-state index is 6.03. The summed E-state index contributed by atoms with van der Waals surface area (Å²) >= 11 is 9.59. The lowest BCUT2D eigenvalue weighted by Crippen LogP contribution is -2.21. The molecule has 1 nitrogen and oxygen atoms in total. The Morgan fingerprint density at radius 2 is 2.00 bits per heavy atom. The molecule has 0 radical (unpaired) electrons. The number of rotatable bonds is 5. The third-order valence-corrected chi connectivity index (χ3v) is 5.76. The normalized spacial score (nSPS) is 12.9. The van der Waals surface area contributed by atoms with Gasteiger partial charge in [-0.15, -0.1) is 22.7 Å². The van der Waals surface area contributed by atoms with Crippen LogP contribution in [0.25, 0.3) is 10.1 Å². The van der Waals surface area contributed by atoms with E-state index in [-0.39, 0.29) is 0 Å². The first kappa shape index (κ1) is 14.1. The molecular formula is C16H16ClNS2. The van der Waals surface area contributed by atoms with Crippen molar-refractivity contribution in [1.82, 2.24) is 5.32 Å². The number of halogens is 1. The minimum absolute atomic E-state index is 0.368. The van der Waals surface area contributed by atoms with E-state index in [9.17, 15) is 0 Å². The maximum absolute atomic E-state index is 6.03. The van der Waals surface area contributed by atoms with Gasteiger partial charge in [0.25, 0.3) is 0 Å². The molecular weight excluding hydrogens is 306 g/mol. The Labute approximate surface area is 132 Å². The van der Waals surface area contributed by atoms with E-state index >= 15 is 0 Å². The Hall–Kier alpha value is -0.870. The molecule has 0 spiro atoms. The predicted molar refractivity (Wildman–Crippen MR) is 91.3 cm³/mol. The number of fused-ring (bicyclic) bond motifs is 1. The van der Waals surface area contributed by atoms with Crippen LogP contribution >= 0.6 is 34.3 Å². The smallest absolute Gasteiger partial charge is 0.0931 e. The highest BCUT2D eigenvalue weighted by molar-refractivity contribution is 7.19. The van der Waals surface area contributed by atoms with Crippen molar-refractivity contribution >= 4 is 44.4 Å². The molecule has 4 heteroatoms. The minimum atomic E-state index is 0.368. The van der Waals surface area contributed by atoms with Crippen molar-refractivity contribution in [2.75, 3.05) is 6.54 Å². The number of hydrogen-bond donors (Lipinski definition) is 1. The highest BCUT2D eigenvalue weighted by atomic mass is 35.5. The molecule has 1 aromatic carbocycles. The molecule has 20 heavy (non-hydrogen) atoms. The van der Waals surface area contributed by atoms with Crippen molar-refractivity contribution in [2.24, 2.45) is 0 Å². The van der Waals surface area contributed by atoms with E-state index in [1.165, 1.54) is 19.8 Å². The van der Waals surface area contributed by atoms with Crippen molar-refractivity contribution < 1.29 is 0 Å². The van der Waals surface area contributed by atoms with Crippen molar-refractivity contribution in [3.8, 4) is 0 Å². The van der Waals surface area contributed by atoms with Crippen molar-refractivity contribution in [1.29, 1.82) is 0 Å². The molecule has 0 amide bonds. The van der Waals surface area contributed by atoms with E-state index < -0.39 is 0 Å². The van der Waals surface area contributed by atoms with Crippen LogP contribution in [0.4, 0.5) is 0 Å². The third-order valence-electron chi connectivity index (χ3n) is 3.27. The molecule has 0 saturated carbocycles. The largest absolute Gasteiger partial charge is 0.309 e. The summed E-state index contributed by atoms with van der Waals surface area (Å²) in [4.78, 5) is 2.73. The van der Waals surface area contributed by atoms with Gasteiger partial charge in [0.15, 0.2) is 0 Å². The minimum Gasteiger partial charge on any atom is -0.309 e. The van der Waals surface area contributed by atoms with Gasteiger partial charge in [0, 0.05) is 26.9 Å². The Morgan fingerprint density at radius 1 is 1.15 bits per heavy atom. The van der Waals surface area contributed by atoms with Crippen LogP contribution < -0.4 is 5.32 Å². The quantitative estimate of drug-likeness (QED) is 0.653. The van der Waals surface area contributed by atoms with Crippen LogP contribution in [0.3, 0.4) is 0 Å². The summed E-state index contributed by atoms with van der Waals surface area (Å²) < 4.78 is 2.22. The average molecular weight is 322 g/mol. The average Bonchev–Trinajstić information content (AvgIpc) is 3.04. The van der Waals surface area contributed by atoms with Crippen LogP contribution in [-0.4, -0.2) is 6.54 Å². The molecule has 0 aliphatic heterocycles. The van der Waals surface area contributed by atoms with Crippen molar-refractivity contribution in [3.05, 3.63) is 56.6 Å². The zero-order valence-corrected chi connectivity index (χ0v) is 13.6. The zero-order valence-electron chi connectivity index (χ0n) is 11.2. The lowest BCUT2D eigenvalue weighted by atomic mass is 10.1. The lowest BCUT2D eigenvalue weighted by Gasteiger charge is -2.15. The van der Waals surface area contributed by atoms with Gasteiger partial charge in [0.1, 0.15) is 0 Å². The van der Waals surface area contributed by atoms with E-state index in [0.29, 0.717) is 6.04 Å². The van der Waals surface area contributed by atoms with Gasteiger partial charge < -0.3 is 5.32 Å². The topological polar surface area (TPSA) is 12.0 Å². The molecule has 3 aromatic rings. The molecule has 2 aromatic heterocycles. The second-order valence-corrected chi connectivity index (χ2v) is 7.62. The van der Waals surface area contributed by atoms with E-state index in [1.54, 1.807) is 11.3 Å². The molecule has 0 aliphatic carbocycles. The molecule has 104 valence electrons. The third kappa shape index (κ3) is 3.07. The maximum Gasteiger partial charge on any atom is 0.0931 e.